The second-order valence-corrected chi connectivity index (χ2v) is 11.2. The number of ether oxygens (including phenoxy) is 3. The molecule has 0 spiro atoms. The number of hydrogen-bond acceptors (Lipinski definition) is 7. The van der Waals surface area contributed by atoms with Crippen molar-refractivity contribution in [2.45, 2.75) is 26.2 Å². The number of imidazole rings is 1. The third-order valence-corrected chi connectivity index (χ3v) is 7.94. The van der Waals surface area contributed by atoms with Crippen molar-refractivity contribution in [2.24, 2.45) is 0 Å². The molecule has 0 aliphatic rings. The Morgan fingerprint density at radius 2 is 1.55 bits per heavy atom. The van der Waals surface area contributed by atoms with Crippen LogP contribution in [0.1, 0.15) is 47.9 Å². The van der Waals surface area contributed by atoms with Crippen LogP contribution in [-0.2, 0) is 19.1 Å². The Balaban J connectivity index is 1.28. The van der Waals surface area contributed by atoms with Gasteiger partial charge in [-0.2, -0.15) is 0 Å². The summed E-state index contributed by atoms with van der Waals surface area (Å²) in [4.78, 5) is 44.3. The predicted octanol–water partition coefficient (Wildman–Crippen LogP) is 8.67. The Morgan fingerprint density at radius 3 is 2.19 bits per heavy atom. The van der Waals surface area contributed by atoms with Crippen molar-refractivity contribution in [3.8, 4) is 33.9 Å². The van der Waals surface area contributed by atoms with Crippen LogP contribution in [0.2, 0.25) is 10.0 Å². The third-order valence-electron chi connectivity index (χ3n) is 7.40. The van der Waals surface area contributed by atoms with Crippen LogP contribution in [0.5, 0.6) is 11.5 Å². The van der Waals surface area contributed by atoms with Crippen molar-refractivity contribution < 1.29 is 28.6 Å². The van der Waals surface area contributed by atoms with Crippen molar-refractivity contribution in [3.05, 3.63) is 118 Å². The molecule has 5 aromatic rings. The summed E-state index contributed by atoms with van der Waals surface area (Å²) in [6, 6.07) is 25.7. The number of halogens is 2. The molecule has 0 saturated heterocycles. The first-order valence-corrected chi connectivity index (χ1v) is 15.5. The monoisotopic (exact) mass is 671 g/mol. The average molecular weight is 673 g/mol. The van der Waals surface area contributed by atoms with E-state index in [1.165, 1.54) is 19.2 Å². The summed E-state index contributed by atoms with van der Waals surface area (Å²) in [5.41, 5.74) is 4.92. The molecule has 4 aromatic carbocycles. The summed E-state index contributed by atoms with van der Waals surface area (Å²) in [6.07, 6.45) is 2.64. The number of rotatable bonds is 10. The number of aromatic amines is 1. The standard InChI is InChI=1S/C36H31Cl2N3O6/c1-4-27(33-39-20-32(40-33)28-16-12-24(37)18-30(28)38)23-8-6-21(7-9-23)22-10-13-25(14-11-22)47-26-15-17-31(29(19-26)35(43)45-3)41-34(42)36(44)46-5-2/h6-20,27H,4-5H2,1-3H3,(H,39,40)(H,41,42). The number of aromatic nitrogens is 2. The van der Waals surface area contributed by atoms with Crippen molar-refractivity contribution >= 4 is 46.7 Å². The fourth-order valence-electron chi connectivity index (χ4n) is 5.05. The van der Waals surface area contributed by atoms with E-state index in [9.17, 15) is 14.4 Å². The number of nitrogens with one attached hydrogen (secondary N) is 2. The van der Waals surface area contributed by atoms with Gasteiger partial charge in [-0.15, -0.1) is 0 Å². The number of esters is 2. The van der Waals surface area contributed by atoms with Crippen LogP contribution >= 0.6 is 23.2 Å². The lowest BCUT2D eigenvalue weighted by atomic mass is 9.93. The maximum atomic E-state index is 12.4. The molecule has 0 bridgehead atoms. The minimum atomic E-state index is -1.06. The van der Waals surface area contributed by atoms with E-state index >= 15 is 0 Å². The Morgan fingerprint density at radius 1 is 0.872 bits per heavy atom. The minimum Gasteiger partial charge on any atom is -0.465 e. The highest BCUT2D eigenvalue weighted by Crippen LogP contribution is 2.34. The molecule has 5 rings (SSSR count). The summed E-state index contributed by atoms with van der Waals surface area (Å²) >= 11 is 12.5. The smallest absolute Gasteiger partial charge is 0.397 e. The number of amides is 1. The third kappa shape index (κ3) is 7.82. The van der Waals surface area contributed by atoms with E-state index in [2.05, 4.69) is 46.5 Å². The quantitative estimate of drug-likeness (QED) is 0.113. The number of anilines is 1. The van der Waals surface area contributed by atoms with Gasteiger partial charge in [0.15, 0.2) is 0 Å². The molecule has 0 aliphatic heterocycles. The van der Waals surface area contributed by atoms with Gasteiger partial charge in [-0.25, -0.2) is 14.6 Å². The molecule has 1 heterocycles. The number of hydrogen-bond donors (Lipinski definition) is 2. The fourth-order valence-corrected chi connectivity index (χ4v) is 5.56. The van der Waals surface area contributed by atoms with Gasteiger partial charge in [-0.1, -0.05) is 66.5 Å². The molecule has 0 radical (unpaired) electrons. The number of H-pyrrole nitrogens is 1. The van der Waals surface area contributed by atoms with E-state index in [0.717, 1.165) is 40.2 Å². The zero-order chi connectivity index (χ0) is 33.5. The van der Waals surface area contributed by atoms with Crippen molar-refractivity contribution in [1.82, 2.24) is 9.97 Å². The summed E-state index contributed by atoms with van der Waals surface area (Å²) < 4.78 is 15.5. The molecule has 0 saturated carbocycles. The van der Waals surface area contributed by atoms with Gasteiger partial charge in [0.25, 0.3) is 0 Å². The second kappa shape index (κ2) is 15.0. The number of benzene rings is 4. The molecular weight excluding hydrogens is 641 g/mol. The van der Waals surface area contributed by atoms with Gasteiger partial charge in [0.05, 0.1) is 41.9 Å². The molecular formula is C36H31Cl2N3O6. The first-order chi connectivity index (χ1) is 22.7. The van der Waals surface area contributed by atoms with Gasteiger partial charge in [-0.3, -0.25) is 4.79 Å². The van der Waals surface area contributed by atoms with Gasteiger partial charge in [0.1, 0.15) is 17.3 Å². The Hall–Kier alpha value is -5.12. The molecule has 0 fully saturated rings. The molecule has 1 atom stereocenters. The van der Waals surface area contributed by atoms with Gasteiger partial charge in [0.2, 0.25) is 0 Å². The lowest BCUT2D eigenvalue weighted by molar-refractivity contribution is -0.152. The highest BCUT2D eigenvalue weighted by Gasteiger charge is 2.21. The van der Waals surface area contributed by atoms with E-state index < -0.39 is 17.8 Å². The molecule has 1 unspecified atom stereocenters. The Bertz CT molecular complexity index is 1910. The SMILES string of the molecule is CCOC(=O)C(=O)Nc1ccc(Oc2ccc(-c3ccc(C(CC)c4ncc(-c5ccc(Cl)cc5Cl)[nH]4)cc3)cc2)cc1C(=O)OC. The van der Waals surface area contributed by atoms with Crippen LogP contribution < -0.4 is 10.1 Å². The summed E-state index contributed by atoms with van der Waals surface area (Å²) in [7, 11) is 1.21. The molecule has 9 nitrogen and oxygen atoms in total. The maximum Gasteiger partial charge on any atom is 0.397 e. The topological polar surface area (TPSA) is 120 Å². The Kier molecular flexibility index (Phi) is 10.6. The van der Waals surface area contributed by atoms with E-state index in [-0.39, 0.29) is 23.8 Å². The van der Waals surface area contributed by atoms with Crippen molar-refractivity contribution in [1.29, 1.82) is 0 Å². The zero-order valence-electron chi connectivity index (χ0n) is 25.8. The first-order valence-electron chi connectivity index (χ1n) is 14.8. The van der Waals surface area contributed by atoms with Crippen molar-refractivity contribution in [2.75, 3.05) is 19.0 Å². The molecule has 1 aromatic heterocycles. The van der Waals surface area contributed by atoms with Crippen LogP contribution in [0.25, 0.3) is 22.4 Å². The molecule has 240 valence electrons. The minimum absolute atomic E-state index is 0.0179. The summed E-state index contributed by atoms with van der Waals surface area (Å²) in [6.45, 7) is 3.75. The van der Waals surface area contributed by atoms with Crippen LogP contribution in [-0.4, -0.2) is 41.5 Å². The number of methoxy groups -OCH3 is 1. The van der Waals surface area contributed by atoms with Crippen LogP contribution in [0.3, 0.4) is 0 Å². The zero-order valence-corrected chi connectivity index (χ0v) is 27.3. The highest BCUT2D eigenvalue weighted by atomic mass is 35.5. The first kappa shape index (κ1) is 33.2. The van der Waals surface area contributed by atoms with Gasteiger partial charge < -0.3 is 24.5 Å². The predicted molar refractivity (Wildman–Crippen MR) is 181 cm³/mol. The number of carbonyl (C=O) groups excluding carboxylic acids is 3. The van der Waals surface area contributed by atoms with Crippen LogP contribution in [0.15, 0.2) is 91.1 Å². The molecule has 0 aliphatic carbocycles. The number of nitrogens with zero attached hydrogens (tertiary/aromatic N) is 1. The fraction of sp³-hybridized carbons (Fsp3) is 0.167. The molecule has 1 amide bonds. The second-order valence-electron chi connectivity index (χ2n) is 10.4. The van der Waals surface area contributed by atoms with Crippen LogP contribution in [0.4, 0.5) is 5.69 Å². The highest BCUT2D eigenvalue weighted by molar-refractivity contribution is 6.37. The lowest BCUT2D eigenvalue weighted by Crippen LogP contribution is -2.26. The summed E-state index contributed by atoms with van der Waals surface area (Å²) in [5, 5.41) is 3.51. The largest absolute Gasteiger partial charge is 0.465 e. The number of carbonyl (C=O) groups is 3. The summed E-state index contributed by atoms with van der Waals surface area (Å²) in [5.74, 6) is -0.986. The van der Waals surface area contributed by atoms with Crippen LogP contribution in [0, 0.1) is 0 Å². The lowest BCUT2D eigenvalue weighted by Gasteiger charge is -2.14. The van der Waals surface area contributed by atoms with E-state index in [1.807, 2.05) is 30.3 Å². The molecule has 11 heteroatoms. The van der Waals surface area contributed by atoms with Crippen molar-refractivity contribution in [3.63, 3.8) is 0 Å². The van der Waals surface area contributed by atoms with Gasteiger partial charge in [0, 0.05) is 16.5 Å². The Labute approximate surface area is 281 Å². The van der Waals surface area contributed by atoms with Gasteiger partial charge >= 0.3 is 17.8 Å². The average Bonchev–Trinajstić information content (AvgIpc) is 3.55. The normalized spacial score (nSPS) is 11.4. The molecule has 47 heavy (non-hydrogen) atoms. The van der Waals surface area contributed by atoms with Gasteiger partial charge in [-0.05, 0) is 78.6 Å². The van der Waals surface area contributed by atoms with E-state index in [0.29, 0.717) is 21.5 Å². The van der Waals surface area contributed by atoms with E-state index in [4.69, 9.17) is 37.4 Å². The molecule has 2 N–H and O–H groups in total. The maximum absolute atomic E-state index is 12.4. The van der Waals surface area contributed by atoms with E-state index in [1.54, 1.807) is 31.3 Å².